The molecule has 4 nitrogen and oxygen atoms in total. The predicted molar refractivity (Wildman–Crippen MR) is 41.9 cm³/mol. The van der Waals surface area contributed by atoms with Crippen LogP contribution in [0.15, 0.2) is 0 Å². The highest BCUT2D eigenvalue weighted by Gasteiger charge is 2.24. The molecule has 0 unspecified atom stereocenters. The van der Waals surface area contributed by atoms with Gasteiger partial charge in [0.25, 0.3) is 0 Å². The van der Waals surface area contributed by atoms with Gasteiger partial charge in [-0.2, -0.15) is 0 Å². The molecule has 2 N–H and O–H groups in total. The van der Waals surface area contributed by atoms with Gasteiger partial charge in [-0.1, -0.05) is 6.42 Å². The number of carbonyl (C=O) groups excluding carboxylic acids is 1. The molecular weight excluding hydrogens is 160 g/mol. The Labute approximate surface area is 71.2 Å². The molecule has 0 bridgehead atoms. The van der Waals surface area contributed by atoms with Gasteiger partial charge in [0.15, 0.2) is 0 Å². The molecule has 0 aromatic rings. The maximum Gasteiger partial charge on any atom is 0.322 e. The van der Waals surface area contributed by atoms with Crippen LogP contribution in [0.25, 0.3) is 0 Å². The van der Waals surface area contributed by atoms with Crippen LogP contribution in [0.3, 0.4) is 0 Å². The monoisotopic (exact) mass is 172 g/mol. The first-order valence-electron chi connectivity index (χ1n) is 3.50. The van der Waals surface area contributed by atoms with Crippen LogP contribution in [0.5, 0.6) is 0 Å². The minimum atomic E-state index is -1.25. The number of aliphatic hydroxyl groups is 2. The Morgan fingerprint density at radius 1 is 1.75 bits per heavy atom. The van der Waals surface area contributed by atoms with Crippen molar-refractivity contribution in [2.24, 2.45) is 0 Å². The molecule has 0 amide bonds. The summed E-state index contributed by atoms with van der Waals surface area (Å²) in [5, 5.41) is 17.9. The summed E-state index contributed by atoms with van der Waals surface area (Å²) in [5.74, 6) is -0.670. The van der Waals surface area contributed by atoms with Gasteiger partial charge in [-0.05, 0) is 13.3 Å². The number of hydrogen-bond donors (Lipinski definition) is 2. The molecule has 0 heterocycles. The third-order valence-electron chi connectivity index (χ3n) is 1.35. The van der Waals surface area contributed by atoms with E-state index in [1.807, 2.05) is 0 Å². The first kappa shape index (κ1) is 11.0. The quantitative estimate of drug-likeness (QED) is 0.449. The molecule has 0 aromatic carbocycles. The van der Waals surface area contributed by atoms with E-state index in [0.29, 0.717) is 0 Å². The van der Waals surface area contributed by atoms with E-state index in [-0.39, 0.29) is 19.4 Å². The zero-order valence-corrected chi connectivity index (χ0v) is 6.91. The van der Waals surface area contributed by atoms with Gasteiger partial charge in [0.2, 0.25) is 0 Å². The van der Waals surface area contributed by atoms with Gasteiger partial charge in [0, 0.05) is 6.61 Å². The average molecular weight is 172 g/mol. The van der Waals surface area contributed by atoms with E-state index in [0.717, 1.165) is 0 Å². The second kappa shape index (κ2) is 4.75. The van der Waals surface area contributed by atoms with Crippen LogP contribution in [-0.2, 0) is 9.53 Å². The first-order valence-corrected chi connectivity index (χ1v) is 3.50. The summed E-state index contributed by atoms with van der Waals surface area (Å²) in [4.78, 5) is 10.7. The molecule has 0 spiro atoms. The van der Waals surface area contributed by atoms with Crippen LogP contribution in [0.2, 0.25) is 0 Å². The third kappa shape index (κ3) is 4.72. The van der Waals surface area contributed by atoms with Crippen LogP contribution in [0.1, 0.15) is 19.8 Å². The van der Waals surface area contributed by atoms with Crippen molar-refractivity contribution in [2.75, 3.05) is 6.61 Å². The largest absolute Gasteiger partial charge is 0.396 e. The van der Waals surface area contributed by atoms with Gasteiger partial charge in [-0.25, -0.2) is 0 Å². The van der Waals surface area contributed by atoms with Crippen LogP contribution in [0, 0.1) is 12.5 Å². The summed E-state index contributed by atoms with van der Waals surface area (Å²) >= 11 is 0. The SMILES string of the molecule is C#COC(=O)C[C@](C)(O)CCO. The van der Waals surface area contributed by atoms with E-state index < -0.39 is 11.6 Å². The number of aliphatic hydroxyl groups excluding tert-OH is 1. The van der Waals surface area contributed by atoms with Crippen LogP contribution in [0.4, 0.5) is 0 Å². The van der Waals surface area contributed by atoms with Crippen molar-refractivity contribution in [1.29, 1.82) is 0 Å². The van der Waals surface area contributed by atoms with Gasteiger partial charge >= 0.3 is 5.97 Å². The second-order valence-corrected chi connectivity index (χ2v) is 2.74. The summed E-state index contributed by atoms with van der Waals surface area (Å²) in [5.41, 5.74) is -1.25. The molecule has 0 saturated carbocycles. The lowest BCUT2D eigenvalue weighted by Crippen LogP contribution is -2.29. The number of esters is 1. The molecule has 0 aliphatic heterocycles. The van der Waals surface area contributed by atoms with Gasteiger partial charge in [0.05, 0.1) is 12.0 Å². The maximum absolute atomic E-state index is 10.7. The van der Waals surface area contributed by atoms with Crippen LogP contribution < -0.4 is 0 Å². The maximum atomic E-state index is 10.7. The van der Waals surface area contributed by atoms with Gasteiger partial charge in [0.1, 0.15) is 6.11 Å². The molecule has 0 aliphatic carbocycles. The Balaban J connectivity index is 3.89. The lowest BCUT2D eigenvalue weighted by Gasteiger charge is -2.19. The Bertz CT molecular complexity index is 190. The van der Waals surface area contributed by atoms with E-state index in [1.54, 1.807) is 6.11 Å². The van der Waals surface area contributed by atoms with Crippen molar-refractivity contribution in [2.45, 2.75) is 25.4 Å². The molecule has 1 atom stereocenters. The van der Waals surface area contributed by atoms with E-state index in [2.05, 4.69) is 4.74 Å². The molecule has 0 aromatic heterocycles. The first-order chi connectivity index (χ1) is 5.52. The number of hydrogen-bond acceptors (Lipinski definition) is 4. The summed E-state index contributed by atoms with van der Waals surface area (Å²) in [7, 11) is 0. The van der Waals surface area contributed by atoms with E-state index in [1.165, 1.54) is 6.92 Å². The van der Waals surface area contributed by atoms with Gasteiger partial charge in [-0.15, -0.1) is 0 Å². The average Bonchev–Trinajstić information content (AvgIpc) is 1.85. The Hall–Kier alpha value is -1.05. The highest BCUT2D eigenvalue weighted by atomic mass is 16.5. The Kier molecular flexibility index (Phi) is 4.34. The topological polar surface area (TPSA) is 66.8 Å². The minimum Gasteiger partial charge on any atom is -0.396 e. The zero-order valence-electron chi connectivity index (χ0n) is 6.91. The third-order valence-corrected chi connectivity index (χ3v) is 1.35. The van der Waals surface area contributed by atoms with Crippen molar-refractivity contribution in [3.8, 4) is 12.5 Å². The van der Waals surface area contributed by atoms with Gasteiger partial charge in [-0.3, -0.25) is 4.79 Å². The molecule has 0 rings (SSSR count). The zero-order chi connectivity index (χ0) is 9.61. The van der Waals surface area contributed by atoms with Crippen LogP contribution >= 0.6 is 0 Å². The number of ether oxygens (including phenoxy) is 1. The van der Waals surface area contributed by atoms with E-state index in [9.17, 15) is 9.90 Å². The minimum absolute atomic E-state index is 0.118. The lowest BCUT2D eigenvalue weighted by molar-refractivity contribution is -0.142. The molecule has 0 saturated heterocycles. The van der Waals surface area contributed by atoms with Crippen molar-refractivity contribution < 1.29 is 19.7 Å². The fraction of sp³-hybridized carbons (Fsp3) is 0.625. The summed E-state index contributed by atoms with van der Waals surface area (Å²) < 4.78 is 4.17. The summed E-state index contributed by atoms with van der Waals surface area (Å²) in [6.07, 6.45) is 6.31. The van der Waals surface area contributed by atoms with Crippen LogP contribution in [-0.4, -0.2) is 28.4 Å². The van der Waals surface area contributed by atoms with Crippen molar-refractivity contribution >= 4 is 5.97 Å². The Morgan fingerprint density at radius 3 is 2.75 bits per heavy atom. The van der Waals surface area contributed by atoms with Crippen molar-refractivity contribution in [3.05, 3.63) is 0 Å². The highest BCUT2D eigenvalue weighted by molar-refractivity contribution is 5.71. The number of rotatable bonds is 4. The van der Waals surface area contributed by atoms with E-state index in [4.69, 9.17) is 11.5 Å². The van der Waals surface area contributed by atoms with Gasteiger partial charge < -0.3 is 14.9 Å². The van der Waals surface area contributed by atoms with Crippen molar-refractivity contribution in [3.63, 3.8) is 0 Å². The smallest absolute Gasteiger partial charge is 0.322 e. The predicted octanol–water partition coefficient (Wildman–Crippen LogP) is -0.356. The molecule has 0 aliphatic rings. The van der Waals surface area contributed by atoms with Crippen molar-refractivity contribution in [1.82, 2.24) is 0 Å². The molecule has 68 valence electrons. The Morgan fingerprint density at radius 2 is 2.33 bits per heavy atom. The fourth-order valence-corrected chi connectivity index (χ4v) is 0.742. The number of carbonyl (C=O) groups is 1. The summed E-state index contributed by atoms with van der Waals surface area (Å²) in [6, 6.07) is 0. The fourth-order valence-electron chi connectivity index (χ4n) is 0.742. The lowest BCUT2D eigenvalue weighted by atomic mass is 9.99. The molecular formula is C8H12O4. The standard InChI is InChI=1S/C8H12O4/c1-3-12-7(10)6-8(2,11)4-5-9/h1,9,11H,4-6H2,2H3/t8-/m1/s1. The van der Waals surface area contributed by atoms with E-state index >= 15 is 0 Å². The molecule has 12 heavy (non-hydrogen) atoms. The molecule has 4 heteroatoms. The summed E-state index contributed by atoms with van der Waals surface area (Å²) in [6.45, 7) is 1.25. The molecule has 0 radical (unpaired) electrons. The number of terminal acetylenes is 1. The second-order valence-electron chi connectivity index (χ2n) is 2.74. The molecule has 0 fully saturated rings. The highest BCUT2D eigenvalue weighted by Crippen LogP contribution is 2.13. The normalized spacial score (nSPS) is 14.5.